The standard InChI is InChI=1S/C20H32O/c1-19(2,3)12-7-10-17-16(8-5-11-18(17)21)9-6-13-20(4)14-15-20/h5,8,11,21H,6-7,9-10,12-15H2,1-4H3. The van der Waals surface area contributed by atoms with Gasteiger partial charge in [0.2, 0.25) is 0 Å². The average molecular weight is 288 g/mol. The first-order valence-electron chi connectivity index (χ1n) is 8.59. The van der Waals surface area contributed by atoms with E-state index in [0.29, 0.717) is 16.6 Å². The van der Waals surface area contributed by atoms with Crippen LogP contribution in [0, 0.1) is 10.8 Å². The molecule has 0 atom stereocenters. The van der Waals surface area contributed by atoms with Crippen molar-refractivity contribution in [3.05, 3.63) is 29.3 Å². The van der Waals surface area contributed by atoms with Crippen LogP contribution >= 0.6 is 0 Å². The summed E-state index contributed by atoms with van der Waals surface area (Å²) in [6, 6.07) is 6.05. The first-order chi connectivity index (χ1) is 9.79. The lowest BCUT2D eigenvalue weighted by atomic mass is 9.87. The normalized spacial score (nSPS) is 17.0. The van der Waals surface area contributed by atoms with Crippen LogP contribution in [0.4, 0.5) is 0 Å². The zero-order valence-corrected chi connectivity index (χ0v) is 14.3. The van der Waals surface area contributed by atoms with Crippen molar-refractivity contribution in [1.29, 1.82) is 0 Å². The summed E-state index contributed by atoms with van der Waals surface area (Å²) in [6.45, 7) is 9.26. The number of aryl methyl sites for hydroxylation is 1. The molecule has 2 rings (SSSR count). The van der Waals surface area contributed by atoms with Crippen LogP contribution in [0.3, 0.4) is 0 Å². The topological polar surface area (TPSA) is 20.2 Å². The monoisotopic (exact) mass is 288 g/mol. The van der Waals surface area contributed by atoms with Gasteiger partial charge < -0.3 is 5.11 Å². The van der Waals surface area contributed by atoms with Crippen molar-refractivity contribution in [1.82, 2.24) is 0 Å². The summed E-state index contributed by atoms with van der Waals surface area (Å²) < 4.78 is 0. The van der Waals surface area contributed by atoms with Gasteiger partial charge in [0.15, 0.2) is 0 Å². The SMILES string of the molecule is CC(C)(C)CCCc1c(O)cccc1CCCC1(C)CC1. The van der Waals surface area contributed by atoms with E-state index in [2.05, 4.69) is 33.8 Å². The van der Waals surface area contributed by atoms with E-state index in [1.807, 2.05) is 12.1 Å². The molecule has 1 nitrogen and oxygen atoms in total. The maximum Gasteiger partial charge on any atom is 0.119 e. The van der Waals surface area contributed by atoms with Gasteiger partial charge in [0.1, 0.15) is 5.75 Å². The van der Waals surface area contributed by atoms with Crippen molar-refractivity contribution < 1.29 is 5.11 Å². The predicted molar refractivity (Wildman–Crippen MR) is 90.8 cm³/mol. The lowest BCUT2D eigenvalue weighted by Crippen LogP contribution is -2.06. The van der Waals surface area contributed by atoms with Gasteiger partial charge in [-0.15, -0.1) is 0 Å². The van der Waals surface area contributed by atoms with Gasteiger partial charge in [-0.1, -0.05) is 39.8 Å². The van der Waals surface area contributed by atoms with Crippen LogP contribution in [0.2, 0.25) is 0 Å². The Bertz CT molecular complexity index is 463. The molecule has 0 bridgehead atoms. The predicted octanol–water partition coefficient (Wildman–Crippen LogP) is 5.88. The van der Waals surface area contributed by atoms with Crippen molar-refractivity contribution in [2.75, 3.05) is 0 Å². The minimum atomic E-state index is 0.380. The third-order valence-electron chi connectivity index (χ3n) is 4.93. The van der Waals surface area contributed by atoms with E-state index in [4.69, 9.17) is 0 Å². The number of phenols is 1. The second-order valence-electron chi connectivity index (χ2n) is 8.49. The average Bonchev–Trinajstić information content (AvgIpc) is 3.09. The highest BCUT2D eigenvalue weighted by Crippen LogP contribution is 2.49. The molecule has 0 aromatic heterocycles. The van der Waals surface area contributed by atoms with E-state index in [0.717, 1.165) is 19.3 Å². The van der Waals surface area contributed by atoms with Crippen LogP contribution in [0.25, 0.3) is 0 Å². The molecule has 0 radical (unpaired) electrons. The van der Waals surface area contributed by atoms with Crippen molar-refractivity contribution in [2.45, 2.75) is 79.1 Å². The Hall–Kier alpha value is -0.980. The molecule has 0 spiro atoms. The number of aromatic hydroxyl groups is 1. The summed E-state index contributed by atoms with van der Waals surface area (Å²) in [7, 11) is 0. The van der Waals surface area contributed by atoms with Crippen LogP contribution in [-0.2, 0) is 12.8 Å². The summed E-state index contributed by atoms with van der Waals surface area (Å²) in [6.07, 6.45) is 9.91. The lowest BCUT2D eigenvalue weighted by Gasteiger charge is -2.19. The number of hydrogen-bond donors (Lipinski definition) is 1. The summed E-state index contributed by atoms with van der Waals surface area (Å²) >= 11 is 0. The van der Waals surface area contributed by atoms with Gasteiger partial charge >= 0.3 is 0 Å². The van der Waals surface area contributed by atoms with Crippen molar-refractivity contribution in [3.8, 4) is 5.75 Å². The van der Waals surface area contributed by atoms with Crippen LogP contribution in [0.1, 0.15) is 77.3 Å². The number of hydrogen-bond acceptors (Lipinski definition) is 1. The van der Waals surface area contributed by atoms with Gasteiger partial charge in [-0.25, -0.2) is 0 Å². The van der Waals surface area contributed by atoms with Crippen LogP contribution in [0.15, 0.2) is 18.2 Å². The Balaban J connectivity index is 1.91. The third-order valence-corrected chi connectivity index (χ3v) is 4.93. The van der Waals surface area contributed by atoms with E-state index < -0.39 is 0 Å². The van der Waals surface area contributed by atoms with Gasteiger partial charge in [0.25, 0.3) is 0 Å². The van der Waals surface area contributed by atoms with Gasteiger partial charge in [-0.3, -0.25) is 0 Å². The molecule has 0 aliphatic heterocycles. The molecule has 1 saturated carbocycles. The van der Waals surface area contributed by atoms with Crippen LogP contribution in [0.5, 0.6) is 5.75 Å². The van der Waals surface area contributed by atoms with Crippen LogP contribution < -0.4 is 0 Å². The number of rotatable bonds is 7. The van der Waals surface area contributed by atoms with E-state index in [-0.39, 0.29) is 0 Å². The quantitative estimate of drug-likeness (QED) is 0.664. The Kier molecular flexibility index (Phi) is 5.01. The van der Waals surface area contributed by atoms with Gasteiger partial charge in [0, 0.05) is 0 Å². The molecule has 1 aromatic carbocycles. The number of benzene rings is 1. The second-order valence-corrected chi connectivity index (χ2v) is 8.49. The Morgan fingerprint density at radius 2 is 1.81 bits per heavy atom. The summed E-state index contributed by atoms with van der Waals surface area (Å²) in [4.78, 5) is 0. The zero-order chi connectivity index (χ0) is 15.5. The Labute approximate surface area is 130 Å². The first kappa shape index (κ1) is 16.4. The van der Waals surface area contributed by atoms with Gasteiger partial charge in [0.05, 0.1) is 0 Å². The summed E-state index contributed by atoms with van der Waals surface area (Å²) in [5, 5.41) is 10.2. The van der Waals surface area contributed by atoms with E-state index in [1.165, 1.54) is 43.2 Å². The maximum absolute atomic E-state index is 10.2. The zero-order valence-electron chi connectivity index (χ0n) is 14.3. The molecule has 1 heteroatoms. The molecular weight excluding hydrogens is 256 g/mol. The van der Waals surface area contributed by atoms with Gasteiger partial charge in [-0.2, -0.15) is 0 Å². The van der Waals surface area contributed by atoms with Crippen LogP contribution in [-0.4, -0.2) is 5.11 Å². The Morgan fingerprint density at radius 1 is 1.10 bits per heavy atom. The highest BCUT2D eigenvalue weighted by molar-refractivity contribution is 5.39. The molecular formula is C20H32O. The fourth-order valence-corrected chi connectivity index (χ4v) is 3.11. The van der Waals surface area contributed by atoms with E-state index in [9.17, 15) is 5.11 Å². The van der Waals surface area contributed by atoms with E-state index in [1.54, 1.807) is 0 Å². The van der Waals surface area contributed by atoms with E-state index >= 15 is 0 Å². The molecule has 0 amide bonds. The molecule has 0 unspecified atom stereocenters. The van der Waals surface area contributed by atoms with Crippen molar-refractivity contribution >= 4 is 0 Å². The fraction of sp³-hybridized carbons (Fsp3) is 0.700. The lowest BCUT2D eigenvalue weighted by molar-refractivity contribution is 0.363. The first-order valence-corrected chi connectivity index (χ1v) is 8.59. The molecule has 118 valence electrons. The molecule has 0 saturated heterocycles. The highest BCUT2D eigenvalue weighted by atomic mass is 16.3. The molecule has 1 aromatic rings. The molecule has 0 heterocycles. The smallest absolute Gasteiger partial charge is 0.119 e. The summed E-state index contributed by atoms with van der Waals surface area (Å²) in [5.74, 6) is 0.499. The Morgan fingerprint density at radius 3 is 2.43 bits per heavy atom. The summed E-state index contributed by atoms with van der Waals surface area (Å²) in [5.41, 5.74) is 3.59. The highest BCUT2D eigenvalue weighted by Gasteiger charge is 2.36. The fourth-order valence-electron chi connectivity index (χ4n) is 3.11. The van der Waals surface area contributed by atoms with Crippen molar-refractivity contribution in [3.63, 3.8) is 0 Å². The molecule has 1 fully saturated rings. The third kappa shape index (κ3) is 5.37. The molecule has 1 N–H and O–H groups in total. The number of phenolic OH excluding ortho intramolecular Hbond substituents is 1. The molecule has 1 aliphatic rings. The minimum absolute atomic E-state index is 0.380. The maximum atomic E-state index is 10.2. The van der Waals surface area contributed by atoms with Crippen molar-refractivity contribution in [2.24, 2.45) is 10.8 Å². The minimum Gasteiger partial charge on any atom is -0.508 e. The molecule has 1 aliphatic carbocycles. The second kappa shape index (κ2) is 6.42. The van der Waals surface area contributed by atoms with Gasteiger partial charge in [-0.05, 0) is 79.4 Å². The molecule has 21 heavy (non-hydrogen) atoms. The largest absolute Gasteiger partial charge is 0.508 e.